The van der Waals surface area contributed by atoms with Crippen molar-refractivity contribution in [3.05, 3.63) is 53.6 Å². The molecule has 8 heteroatoms. The average Bonchev–Trinajstić information content (AvgIpc) is 3.11. The second kappa shape index (κ2) is 8.25. The number of thioether (sulfide) groups is 1. The van der Waals surface area contributed by atoms with Gasteiger partial charge in [-0.15, -0.1) is 10.2 Å². The highest BCUT2D eigenvalue weighted by molar-refractivity contribution is 8.00. The fourth-order valence-corrected chi connectivity index (χ4v) is 3.09. The van der Waals surface area contributed by atoms with Gasteiger partial charge in [0.2, 0.25) is 11.8 Å². The van der Waals surface area contributed by atoms with E-state index in [0.29, 0.717) is 27.6 Å². The minimum Gasteiger partial charge on any atom is -0.495 e. The van der Waals surface area contributed by atoms with Gasteiger partial charge in [0, 0.05) is 11.3 Å². The van der Waals surface area contributed by atoms with Gasteiger partial charge in [-0.1, -0.05) is 41.6 Å². The topological polar surface area (TPSA) is 77.2 Å². The van der Waals surface area contributed by atoms with Crippen molar-refractivity contribution in [3.8, 4) is 17.2 Å². The highest BCUT2D eigenvalue weighted by Crippen LogP contribution is 2.29. The maximum Gasteiger partial charge on any atom is 0.277 e. The van der Waals surface area contributed by atoms with Gasteiger partial charge in [-0.05, 0) is 37.3 Å². The van der Waals surface area contributed by atoms with Gasteiger partial charge in [-0.3, -0.25) is 4.79 Å². The Labute approximate surface area is 159 Å². The van der Waals surface area contributed by atoms with Gasteiger partial charge in [0.1, 0.15) is 5.75 Å². The number of benzene rings is 2. The molecule has 134 valence electrons. The van der Waals surface area contributed by atoms with E-state index in [1.54, 1.807) is 25.1 Å². The Morgan fingerprint density at radius 3 is 2.69 bits per heavy atom. The van der Waals surface area contributed by atoms with Gasteiger partial charge >= 0.3 is 0 Å². The fourth-order valence-electron chi connectivity index (χ4n) is 2.15. The molecule has 26 heavy (non-hydrogen) atoms. The summed E-state index contributed by atoms with van der Waals surface area (Å²) < 4.78 is 10.7. The first kappa shape index (κ1) is 18.3. The number of anilines is 1. The number of nitrogens with zero attached hydrogens (tertiary/aromatic N) is 2. The Kier molecular flexibility index (Phi) is 5.80. The lowest BCUT2D eigenvalue weighted by Crippen LogP contribution is -2.22. The lowest BCUT2D eigenvalue weighted by atomic mass is 10.2. The lowest BCUT2D eigenvalue weighted by molar-refractivity contribution is -0.115. The van der Waals surface area contributed by atoms with Crippen LogP contribution in [0, 0.1) is 0 Å². The smallest absolute Gasteiger partial charge is 0.277 e. The molecule has 1 heterocycles. The molecule has 1 amide bonds. The second-order valence-electron chi connectivity index (χ2n) is 5.34. The number of rotatable bonds is 6. The molecule has 1 atom stereocenters. The molecule has 0 spiro atoms. The third kappa shape index (κ3) is 4.36. The zero-order valence-corrected chi connectivity index (χ0v) is 15.7. The number of hydrogen-bond donors (Lipinski definition) is 1. The Morgan fingerprint density at radius 2 is 2.00 bits per heavy atom. The van der Waals surface area contributed by atoms with Crippen molar-refractivity contribution in [2.75, 3.05) is 12.4 Å². The first-order valence-corrected chi connectivity index (χ1v) is 9.02. The van der Waals surface area contributed by atoms with Crippen LogP contribution in [0.2, 0.25) is 5.02 Å². The zero-order valence-electron chi connectivity index (χ0n) is 14.1. The van der Waals surface area contributed by atoms with Crippen molar-refractivity contribution in [2.45, 2.75) is 17.4 Å². The van der Waals surface area contributed by atoms with Crippen LogP contribution in [0.4, 0.5) is 5.69 Å². The van der Waals surface area contributed by atoms with Crippen LogP contribution in [0.1, 0.15) is 6.92 Å². The number of ether oxygens (including phenoxy) is 1. The molecular weight excluding hydrogens is 374 g/mol. The highest BCUT2D eigenvalue weighted by atomic mass is 35.5. The predicted molar refractivity (Wildman–Crippen MR) is 102 cm³/mol. The quantitative estimate of drug-likeness (QED) is 0.624. The third-order valence-corrected chi connectivity index (χ3v) is 4.72. The van der Waals surface area contributed by atoms with Crippen molar-refractivity contribution in [1.29, 1.82) is 0 Å². The van der Waals surface area contributed by atoms with E-state index >= 15 is 0 Å². The van der Waals surface area contributed by atoms with E-state index in [0.717, 1.165) is 5.56 Å². The largest absolute Gasteiger partial charge is 0.495 e. The van der Waals surface area contributed by atoms with E-state index in [9.17, 15) is 4.79 Å². The van der Waals surface area contributed by atoms with Crippen LogP contribution in [-0.4, -0.2) is 28.5 Å². The number of carbonyl (C=O) groups excluding carboxylic acids is 1. The van der Waals surface area contributed by atoms with Crippen molar-refractivity contribution in [3.63, 3.8) is 0 Å². The van der Waals surface area contributed by atoms with E-state index in [1.165, 1.54) is 18.9 Å². The number of halogens is 1. The number of methoxy groups -OCH3 is 1. The first-order chi connectivity index (χ1) is 12.6. The number of amides is 1. The number of nitrogens with one attached hydrogen (secondary N) is 1. The van der Waals surface area contributed by atoms with Gasteiger partial charge < -0.3 is 14.5 Å². The van der Waals surface area contributed by atoms with Crippen LogP contribution in [-0.2, 0) is 4.79 Å². The molecular formula is C18H16ClN3O3S. The third-order valence-electron chi connectivity index (χ3n) is 3.49. The summed E-state index contributed by atoms with van der Waals surface area (Å²) in [6.45, 7) is 1.76. The maximum atomic E-state index is 12.4. The molecule has 1 unspecified atom stereocenters. The number of hydrogen-bond acceptors (Lipinski definition) is 6. The molecule has 3 aromatic rings. The molecule has 0 aliphatic carbocycles. The van der Waals surface area contributed by atoms with Crippen molar-refractivity contribution >= 4 is 35.0 Å². The van der Waals surface area contributed by atoms with Crippen LogP contribution in [0.5, 0.6) is 5.75 Å². The average molecular weight is 390 g/mol. The van der Waals surface area contributed by atoms with Crippen molar-refractivity contribution in [2.24, 2.45) is 0 Å². The van der Waals surface area contributed by atoms with Gasteiger partial charge in [0.25, 0.3) is 5.22 Å². The molecule has 0 aliphatic heterocycles. The summed E-state index contributed by atoms with van der Waals surface area (Å²) in [5.74, 6) is 0.768. The molecule has 0 aliphatic rings. The minimum absolute atomic E-state index is 0.198. The Hall–Kier alpha value is -2.51. The summed E-state index contributed by atoms with van der Waals surface area (Å²) in [6.07, 6.45) is 0. The molecule has 1 N–H and O–H groups in total. The number of aromatic nitrogens is 2. The fraction of sp³-hybridized carbons (Fsp3) is 0.167. The molecule has 0 fully saturated rings. The Bertz CT molecular complexity index is 902. The van der Waals surface area contributed by atoms with Crippen molar-refractivity contribution < 1.29 is 13.9 Å². The van der Waals surface area contributed by atoms with E-state index in [1.807, 2.05) is 30.3 Å². The molecule has 1 aromatic heterocycles. The normalized spacial score (nSPS) is 11.8. The SMILES string of the molecule is COc1ccc(NC(=O)C(C)Sc2nnc(-c3ccccc3)o2)cc1Cl. The minimum atomic E-state index is -0.431. The molecule has 0 radical (unpaired) electrons. The summed E-state index contributed by atoms with van der Waals surface area (Å²) in [5.41, 5.74) is 1.42. The van der Waals surface area contributed by atoms with Crippen LogP contribution in [0.15, 0.2) is 58.2 Å². The summed E-state index contributed by atoms with van der Waals surface area (Å²) in [6, 6.07) is 14.5. The summed E-state index contributed by atoms with van der Waals surface area (Å²) in [4.78, 5) is 12.4. The summed E-state index contributed by atoms with van der Waals surface area (Å²) in [7, 11) is 1.53. The lowest BCUT2D eigenvalue weighted by Gasteiger charge is -2.11. The van der Waals surface area contributed by atoms with Crippen LogP contribution >= 0.6 is 23.4 Å². The van der Waals surface area contributed by atoms with E-state index < -0.39 is 5.25 Å². The summed E-state index contributed by atoms with van der Waals surface area (Å²) in [5, 5.41) is 11.1. The van der Waals surface area contributed by atoms with Gasteiger partial charge in [-0.25, -0.2) is 0 Å². The zero-order chi connectivity index (χ0) is 18.5. The van der Waals surface area contributed by atoms with Gasteiger partial charge in [0.05, 0.1) is 17.4 Å². The highest BCUT2D eigenvalue weighted by Gasteiger charge is 2.19. The Balaban J connectivity index is 1.63. The van der Waals surface area contributed by atoms with Crippen LogP contribution < -0.4 is 10.1 Å². The molecule has 3 rings (SSSR count). The molecule has 0 saturated carbocycles. The van der Waals surface area contributed by atoms with E-state index in [4.69, 9.17) is 20.8 Å². The standard InChI is InChI=1S/C18H16ClN3O3S/c1-11(16(23)20-13-8-9-15(24-2)14(19)10-13)26-18-22-21-17(25-18)12-6-4-3-5-7-12/h3-11H,1-2H3,(H,20,23). The maximum absolute atomic E-state index is 12.4. The van der Waals surface area contributed by atoms with Gasteiger partial charge in [-0.2, -0.15) is 0 Å². The van der Waals surface area contributed by atoms with Crippen LogP contribution in [0.3, 0.4) is 0 Å². The monoisotopic (exact) mass is 389 g/mol. The van der Waals surface area contributed by atoms with Crippen LogP contribution in [0.25, 0.3) is 11.5 Å². The van der Waals surface area contributed by atoms with E-state index in [-0.39, 0.29) is 5.91 Å². The second-order valence-corrected chi connectivity index (χ2v) is 7.04. The summed E-state index contributed by atoms with van der Waals surface area (Å²) >= 11 is 7.26. The number of carbonyl (C=O) groups is 1. The predicted octanol–water partition coefficient (Wildman–Crippen LogP) is 4.52. The molecule has 0 bridgehead atoms. The first-order valence-electron chi connectivity index (χ1n) is 7.77. The molecule has 0 saturated heterocycles. The molecule has 2 aromatic carbocycles. The molecule has 6 nitrogen and oxygen atoms in total. The van der Waals surface area contributed by atoms with Gasteiger partial charge in [0.15, 0.2) is 0 Å². The van der Waals surface area contributed by atoms with Crippen molar-refractivity contribution in [1.82, 2.24) is 10.2 Å². The van der Waals surface area contributed by atoms with E-state index in [2.05, 4.69) is 15.5 Å². The Morgan fingerprint density at radius 1 is 1.23 bits per heavy atom.